The topological polar surface area (TPSA) is 60.0 Å². The Morgan fingerprint density at radius 1 is 1.35 bits per heavy atom. The summed E-state index contributed by atoms with van der Waals surface area (Å²) in [7, 11) is 0. The van der Waals surface area contributed by atoms with Gasteiger partial charge in [0.1, 0.15) is 0 Å². The predicted octanol–water partition coefficient (Wildman–Crippen LogP) is 2.97. The smallest absolute Gasteiger partial charge is 0.224 e. The van der Waals surface area contributed by atoms with Crippen LogP contribution in [0.2, 0.25) is 0 Å². The van der Waals surface area contributed by atoms with Gasteiger partial charge in [-0.05, 0) is 43.1 Å². The molecule has 1 aromatic carbocycles. The summed E-state index contributed by atoms with van der Waals surface area (Å²) in [4.78, 5) is 11.7. The van der Waals surface area contributed by atoms with E-state index in [4.69, 9.17) is 5.73 Å². The van der Waals surface area contributed by atoms with Crippen LogP contribution in [0.4, 0.5) is 5.69 Å². The summed E-state index contributed by atoms with van der Waals surface area (Å²) in [6.45, 7) is 5.96. The Balaban J connectivity index is 2.12. The van der Waals surface area contributed by atoms with Gasteiger partial charge >= 0.3 is 0 Å². The average Bonchev–Trinajstić information content (AvgIpc) is 2.78. The van der Waals surface area contributed by atoms with Gasteiger partial charge in [-0.2, -0.15) is 0 Å². The van der Waals surface area contributed by atoms with E-state index in [1.807, 2.05) is 12.1 Å². The third-order valence-electron chi connectivity index (χ3n) is 3.22. The normalized spacial score (nSPS) is 11.2. The highest BCUT2D eigenvalue weighted by Gasteiger charge is 2.06. The standard InChI is InChI=1S/C16H23N3O/c1-12(2)11-19-9-7-13-10-14(5-6-15(13)19)18-16(20)4-3-8-17/h5-7,9-10,12H,3-4,8,11,17H2,1-2H3,(H,18,20). The number of aromatic nitrogens is 1. The van der Waals surface area contributed by atoms with E-state index >= 15 is 0 Å². The highest BCUT2D eigenvalue weighted by Crippen LogP contribution is 2.21. The van der Waals surface area contributed by atoms with Gasteiger partial charge in [0.05, 0.1) is 0 Å². The number of amides is 1. The van der Waals surface area contributed by atoms with E-state index in [-0.39, 0.29) is 5.91 Å². The minimum absolute atomic E-state index is 0.0245. The van der Waals surface area contributed by atoms with Crippen molar-refractivity contribution in [2.24, 2.45) is 11.7 Å². The van der Waals surface area contributed by atoms with Crippen LogP contribution in [0.5, 0.6) is 0 Å². The van der Waals surface area contributed by atoms with E-state index in [9.17, 15) is 4.79 Å². The molecule has 4 nitrogen and oxygen atoms in total. The monoisotopic (exact) mass is 273 g/mol. The van der Waals surface area contributed by atoms with Crippen molar-refractivity contribution in [3.8, 4) is 0 Å². The number of hydrogen-bond acceptors (Lipinski definition) is 2. The van der Waals surface area contributed by atoms with Crippen LogP contribution >= 0.6 is 0 Å². The largest absolute Gasteiger partial charge is 0.347 e. The Morgan fingerprint density at radius 3 is 2.85 bits per heavy atom. The number of fused-ring (bicyclic) bond motifs is 1. The number of nitrogens with zero attached hydrogens (tertiary/aromatic N) is 1. The second-order valence-electron chi connectivity index (χ2n) is 5.58. The average molecular weight is 273 g/mol. The molecule has 0 atom stereocenters. The van der Waals surface area contributed by atoms with Gasteiger partial charge in [0.25, 0.3) is 0 Å². The first kappa shape index (κ1) is 14.6. The lowest BCUT2D eigenvalue weighted by atomic mass is 10.2. The van der Waals surface area contributed by atoms with Crippen LogP contribution in [0.3, 0.4) is 0 Å². The first-order valence-electron chi connectivity index (χ1n) is 7.19. The van der Waals surface area contributed by atoms with E-state index in [0.29, 0.717) is 18.9 Å². The third kappa shape index (κ3) is 3.61. The van der Waals surface area contributed by atoms with Crippen molar-refractivity contribution >= 4 is 22.5 Å². The molecule has 3 N–H and O–H groups in total. The molecule has 2 rings (SSSR count). The lowest BCUT2D eigenvalue weighted by molar-refractivity contribution is -0.116. The molecule has 2 aromatic rings. The zero-order valence-corrected chi connectivity index (χ0v) is 12.2. The summed E-state index contributed by atoms with van der Waals surface area (Å²) in [5, 5.41) is 4.07. The number of hydrogen-bond donors (Lipinski definition) is 2. The maximum absolute atomic E-state index is 11.7. The first-order chi connectivity index (χ1) is 9.60. The molecule has 1 heterocycles. The summed E-state index contributed by atoms with van der Waals surface area (Å²) in [6.07, 6.45) is 3.30. The molecule has 0 saturated heterocycles. The van der Waals surface area contributed by atoms with Crippen molar-refractivity contribution in [1.82, 2.24) is 4.57 Å². The zero-order valence-electron chi connectivity index (χ0n) is 12.2. The Bertz CT molecular complexity index is 586. The number of carbonyl (C=O) groups excluding carboxylic acids is 1. The molecular weight excluding hydrogens is 250 g/mol. The number of anilines is 1. The first-order valence-corrected chi connectivity index (χ1v) is 7.19. The number of carbonyl (C=O) groups is 1. The van der Waals surface area contributed by atoms with Crippen molar-refractivity contribution in [2.45, 2.75) is 33.2 Å². The van der Waals surface area contributed by atoms with Gasteiger partial charge in [-0.3, -0.25) is 4.79 Å². The lowest BCUT2D eigenvalue weighted by Gasteiger charge is -2.09. The van der Waals surface area contributed by atoms with E-state index in [1.165, 1.54) is 5.52 Å². The van der Waals surface area contributed by atoms with Crippen molar-refractivity contribution in [1.29, 1.82) is 0 Å². The minimum atomic E-state index is 0.0245. The molecule has 1 aromatic heterocycles. The van der Waals surface area contributed by atoms with Crippen LogP contribution in [-0.2, 0) is 11.3 Å². The second-order valence-corrected chi connectivity index (χ2v) is 5.58. The lowest BCUT2D eigenvalue weighted by Crippen LogP contribution is -2.13. The van der Waals surface area contributed by atoms with Crippen LogP contribution in [0.25, 0.3) is 10.9 Å². The summed E-state index contributed by atoms with van der Waals surface area (Å²) in [6, 6.07) is 8.13. The number of nitrogens with one attached hydrogen (secondary N) is 1. The Hall–Kier alpha value is -1.81. The molecule has 4 heteroatoms. The van der Waals surface area contributed by atoms with Crippen molar-refractivity contribution in [3.05, 3.63) is 30.5 Å². The molecule has 1 amide bonds. The van der Waals surface area contributed by atoms with Crippen LogP contribution in [0, 0.1) is 5.92 Å². The molecular formula is C16H23N3O. The quantitative estimate of drug-likeness (QED) is 0.850. The molecule has 20 heavy (non-hydrogen) atoms. The van der Waals surface area contributed by atoms with Crippen molar-refractivity contribution in [3.63, 3.8) is 0 Å². The molecule has 0 spiro atoms. The van der Waals surface area contributed by atoms with Gasteiger partial charge in [0, 0.05) is 35.8 Å². The van der Waals surface area contributed by atoms with E-state index in [1.54, 1.807) is 0 Å². The summed E-state index contributed by atoms with van der Waals surface area (Å²) < 4.78 is 2.25. The highest BCUT2D eigenvalue weighted by molar-refractivity contribution is 5.93. The molecule has 108 valence electrons. The van der Waals surface area contributed by atoms with Gasteiger partial charge in [-0.25, -0.2) is 0 Å². The Labute approximate surface area is 120 Å². The Morgan fingerprint density at radius 2 is 2.15 bits per heavy atom. The maximum Gasteiger partial charge on any atom is 0.224 e. The summed E-state index contributed by atoms with van der Waals surface area (Å²) in [5.74, 6) is 0.637. The SMILES string of the molecule is CC(C)Cn1ccc2cc(NC(=O)CCCN)ccc21. The van der Waals surface area contributed by atoms with Crippen LogP contribution in [0.1, 0.15) is 26.7 Å². The Kier molecular flexibility index (Phi) is 4.79. The zero-order chi connectivity index (χ0) is 14.5. The highest BCUT2D eigenvalue weighted by atomic mass is 16.1. The van der Waals surface area contributed by atoms with Gasteiger partial charge in [-0.15, -0.1) is 0 Å². The van der Waals surface area contributed by atoms with E-state index < -0.39 is 0 Å². The molecule has 0 bridgehead atoms. The summed E-state index contributed by atoms with van der Waals surface area (Å²) in [5.41, 5.74) is 7.46. The third-order valence-corrected chi connectivity index (χ3v) is 3.22. The molecule has 0 fully saturated rings. The molecule has 0 aliphatic heterocycles. The van der Waals surface area contributed by atoms with Gasteiger partial charge in [0.15, 0.2) is 0 Å². The fourth-order valence-electron chi connectivity index (χ4n) is 2.32. The van der Waals surface area contributed by atoms with Crippen LogP contribution in [0.15, 0.2) is 30.5 Å². The molecule has 0 unspecified atom stereocenters. The van der Waals surface area contributed by atoms with E-state index in [0.717, 1.165) is 24.0 Å². The van der Waals surface area contributed by atoms with Crippen LogP contribution in [-0.4, -0.2) is 17.0 Å². The molecule has 0 aliphatic carbocycles. The maximum atomic E-state index is 11.7. The van der Waals surface area contributed by atoms with Crippen molar-refractivity contribution < 1.29 is 4.79 Å². The number of nitrogens with two attached hydrogens (primary N) is 1. The fraction of sp³-hybridized carbons (Fsp3) is 0.438. The second kappa shape index (κ2) is 6.57. The summed E-state index contributed by atoms with van der Waals surface area (Å²) >= 11 is 0. The number of rotatable bonds is 6. The molecule has 0 aliphatic rings. The van der Waals surface area contributed by atoms with Gasteiger partial charge < -0.3 is 15.6 Å². The molecule has 0 radical (unpaired) electrons. The van der Waals surface area contributed by atoms with Crippen LogP contribution < -0.4 is 11.1 Å². The van der Waals surface area contributed by atoms with Gasteiger partial charge in [0.2, 0.25) is 5.91 Å². The fourth-order valence-corrected chi connectivity index (χ4v) is 2.32. The van der Waals surface area contributed by atoms with Gasteiger partial charge in [-0.1, -0.05) is 13.8 Å². The molecule has 0 saturated carbocycles. The predicted molar refractivity (Wildman–Crippen MR) is 83.7 cm³/mol. The van der Waals surface area contributed by atoms with Crippen molar-refractivity contribution in [2.75, 3.05) is 11.9 Å². The van der Waals surface area contributed by atoms with E-state index in [2.05, 4.69) is 42.1 Å². The number of benzene rings is 1. The minimum Gasteiger partial charge on any atom is -0.347 e.